The average Bonchev–Trinajstić information content (AvgIpc) is 3.20. The zero-order valence-electron chi connectivity index (χ0n) is 37.5. The van der Waals surface area contributed by atoms with E-state index in [1.165, 1.54) is 0 Å². The van der Waals surface area contributed by atoms with Crippen LogP contribution in [0, 0.1) is 17.8 Å². The minimum Gasteiger partial charge on any atom is -0.481 e. The molecule has 18 atom stereocenters. The summed E-state index contributed by atoms with van der Waals surface area (Å²) in [6, 6.07) is -1.12. The number of carbonyl (C=O) groups excluding carboxylic acids is 1. The van der Waals surface area contributed by atoms with E-state index in [1.54, 1.807) is 51.2 Å². The molecule has 0 aliphatic carbocycles. The first-order valence-electron chi connectivity index (χ1n) is 22.5. The van der Waals surface area contributed by atoms with Crippen molar-refractivity contribution < 1.29 is 79.6 Å². The van der Waals surface area contributed by atoms with Gasteiger partial charge in [-0.3, -0.25) is 9.59 Å². The van der Waals surface area contributed by atoms with Gasteiger partial charge in [-0.05, 0) is 58.8 Å². The van der Waals surface area contributed by atoms with Crippen molar-refractivity contribution in [1.82, 2.24) is 0 Å². The molecule has 3 aliphatic heterocycles. The Balaban J connectivity index is 1.81. The molecule has 0 aromatic rings. The van der Waals surface area contributed by atoms with E-state index in [0.29, 0.717) is 0 Å². The molecule has 0 radical (unpaired) electrons. The van der Waals surface area contributed by atoms with E-state index in [-0.39, 0.29) is 44.4 Å². The Morgan fingerprint density at radius 3 is 1.98 bits per heavy atom. The summed E-state index contributed by atoms with van der Waals surface area (Å²) < 4.78 is 23.3. The number of carboxylic acid groups (broad SMARTS) is 1. The molecular weight excluding hydrogens is 835 g/mol. The summed E-state index contributed by atoms with van der Waals surface area (Å²) in [5.41, 5.74) is 6.03. The van der Waals surface area contributed by atoms with Crippen molar-refractivity contribution in [3.8, 4) is 0 Å². The lowest BCUT2D eigenvalue weighted by atomic mass is 9.83. The maximum atomic E-state index is 12.6. The van der Waals surface area contributed by atoms with E-state index in [1.807, 2.05) is 49.5 Å². The number of ether oxygens (including phenoxy) is 4. The molecule has 0 saturated carbocycles. The fourth-order valence-corrected chi connectivity index (χ4v) is 8.15. The molecular formula is C47H75NO16. The van der Waals surface area contributed by atoms with Crippen molar-refractivity contribution in [1.29, 1.82) is 0 Å². The maximum Gasteiger partial charge on any atom is 0.311 e. The van der Waals surface area contributed by atoms with Crippen molar-refractivity contribution >= 4 is 11.9 Å². The predicted molar refractivity (Wildman–Crippen MR) is 236 cm³/mol. The molecule has 2 bridgehead atoms. The van der Waals surface area contributed by atoms with Crippen LogP contribution in [0.4, 0.5) is 0 Å². The molecule has 2 fully saturated rings. The molecule has 364 valence electrons. The number of hydrogen-bond acceptors (Lipinski definition) is 16. The van der Waals surface area contributed by atoms with Gasteiger partial charge in [-0.15, -0.1) is 0 Å². The summed E-state index contributed by atoms with van der Waals surface area (Å²) in [7, 11) is 0. The molecule has 17 heteroatoms. The molecule has 0 aromatic heterocycles. The van der Waals surface area contributed by atoms with E-state index in [0.717, 1.165) is 12.8 Å². The van der Waals surface area contributed by atoms with Crippen LogP contribution in [-0.4, -0.2) is 154 Å². The fraction of sp³-hybridized carbons (Fsp3) is 0.702. The normalized spacial score (nSPS) is 44.6. The predicted octanol–water partition coefficient (Wildman–Crippen LogP) is 1.96. The molecule has 0 aromatic carbocycles. The Morgan fingerprint density at radius 1 is 0.719 bits per heavy atom. The average molecular weight is 910 g/mol. The second-order valence-electron chi connectivity index (χ2n) is 17.7. The number of nitrogens with two attached hydrogens (primary N) is 1. The van der Waals surface area contributed by atoms with Crippen LogP contribution in [0.3, 0.4) is 0 Å². The van der Waals surface area contributed by atoms with Crippen molar-refractivity contribution in [2.75, 3.05) is 0 Å². The highest BCUT2D eigenvalue weighted by Crippen LogP contribution is 2.38. The lowest BCUT2D eigenvalue weighted by Crippen LogP contribution is -2.61. The van der Waals surface area contributed by atoms with Gasteiger partial charge in [0.25, 0.3) is 0 Å². The molecule has 0 unspecified atom stereocenters. The molecule has 3 rings (SSSR count). The minimum atomic E-state index is -2.17. The van der Waals surface area contributed by atoms with Gasteiger partial charge in [0.15, 0.2) is 12.1 Å². The van der Waals surface area contributed by atoms with Crippen LogP contribution < -0.4 is 5.73 Å². The van der Waals surface area contributed by atoms with Gasteiger partial charge < -0.3 is 75.7 Å². The van der Waals surface area contributed by atoms with E-state index in [4.69, 9.17) is 24.7 Å². The number of cyclic esters (lactones) is 1. The Labute approximate surface area is 376 Å². The third-order valence-corrected chi connectivity index (χ3v) is 12.1. The summed E-state index contributed by atoms with van der Waals surface area (Å²) in [5, 5.41) is 107. The van der Waals surface area contributed by atoms with Crippen LogP contribution in [0.25, 0.3) is 0 Å². The first-order chi connectivity index (χ1) is 30.2. The molecule has 17 nitrogen and oxygen atoms in total. The Morgan fingerprint density at radius 2 is 1.31 bits per heavy atom. The number of aliphatic hydroxyl groups excluding tert-OH is 8. The number of rotatable bonds is 3. The van der Waals surface area contributed by atoms with Crippen LogP contribution in [0.15, 0.2) is 72.9 Å². The molecule has 0 spiro atoms. The quantitative estimate of drug-likeness (QED) is 0.180. The maximum absolute atomic E-state index is 12.6. The number of fused-ring (bicyclic) bond motifs is 2. The van der Waals surface area contributed by atoms with Crippen LogP contribution in [0.5, 0.6) is 0 Å². The van der Waals surface area contributed by atoms with Crippen molar-refractivity contribution in [3.63, 3.8) is 0 Å². The first kappa shape index (κ1) is 55.2. The van der Waals surface area contributed by atoms with Crippen molar-refractivity contribution in [2.45, 2.75) is 190 Å². The topological polar surface area (TPSA) is 299 Å². The summed E-state index contributed by atoms with van der Waals surface area (Å²) in [5.74, 6) is -6.45. The van der Waals surface area contributed by atoms with Gasteiger partial charge in [0.05, 0.1) is 73.5 Å². The van der Waals surface area contributed by atoms with E-state index >= 15 is 0 Å². The third kappa shape index (κ3) is 18.6. The lowest BCUT2D eigenvalue weighted by Gasteiger charge is -2.45. The molecule has 0 amide bonds. The molecule has 3 heterocycles. The number of allylic oxidation sites excluding steroid dienone is 10. The van der Waals surface area contributed by atoms with Gasteiger partial charge in [0.1, 0.15) is 18.1 Å². The zero-order chi connectivity index (χ0) is 47.6. The first-order valence-corrected chi connectivity index (χ1v) is 22.5. The number of esters is 1. The van der Waals surface area contributed by atoms with Gasteiger partial charge in [0, 0.05) is 31.1 Å². The second-order valence-corrected chi connectivity index (χ2v) is 17.7. The number of aliphatic hydroxyl groups is 9. The van der Waals surface area contributed by atoms with E-state index in [2.05, 4.69) is 0 Å². The van der Waals surface area contributed by atoms with Crippen LogP contribution >= 0.6 is 0 Å². The van der Waals surface area contributed by atoms with Crippen molar-refractivity contribution in [2.24, 2.45) is 23.5 Å². The number of hydrogen-bond donors (Lipinski definition) is 11. The fourth-order valence-electron chi connectivity index (χ4n) is 8.15. The lowest BCUT2D eigenvalue weighted by molar-refractivity contribution is -0.308. The van der Waals surface area contributed by atoms with Gasteiger partial charge in [-0.25, -0.2) is 0 Å². The monoisotopic (exact) mass is 910 g/mol. The molecule has 2 saturated heterocycles. The van der Waals surface area contributed by atoms with Gasteiger partial charge in [-0.2, -0.15) is 0 Å². The van der Waals surface area contributed by atoms with Gasteiger partial charge in [0.2, 0.25) is 0 Å². The van der Waals surface area contributed by atoms with Gasteiger partial charge in [-0.1, -0.05) is 86.8 Å². The summed E-state index contributed by atoms with van der Waals surface area (Å²) in [6.45, 7) is 6.85. The highest BCUT2D eigenvalue weighted by atomic mass is 16.7. The van der Waals surface area contributed by atoms with Crippen LogP contribution in [-0.2, 0) is 28.5 Å². The number of carbonyl (C=O) groups is 2. The minimum absolute atomic E-state index is 0.0556. The smallest absolute Gasteiger partial charge is 0.311 e. The van der Waals surface area contributed by atoms with Crippen LogP contribution in [0.2, 0.25) is 0 Å². The number of carboxylic acids is 1. The van der Waals surface area contributed by atoms with Crippen LogP contribution in [0.1, 0.15) is 98.3 Å². The number of aliphatic carboxylic acids is 1. The van der Waals surface area contributed by atoms with Gasteiger partial charge >= 0.3 is 11.9 Å². The second kappa shape index (κ2) is 27.5. The SMILES string of the molecule is C[C@@H]1[C@H](O)[C@@H](C)/C=C\C=C/CC\C=C/C=C\C=C/C=C\[C@H](O[C@@H]2O[C@H](C)[C@@H](O)[C@H](N)[C@@H]2O)C[C@@H]2O[C@](O)(C[C@@H](O)CCC[C@@H](O)C[C@@H](O)C[C@@H](O)CC(=O)O[C@H]1C)C[C@H](O)[C@H]2C(=O)O. The Kier molecular flexibility index (Phi) is 23.7. The van der Waals surface area contributed by atoms with Crippen molar-refractivity contribution in [3.05, 3.63) is 72.9 Å². The molecule has 12 N–H and O–H groups in total. The summed E-state index contributed by atoms with van der Waals surface area (Å²) in [4.78, 5) is 25.1. The third-order valence-electron chi connectivity index (χ3n) is 12.1. The van der Waals surface area contributed by atoms with E-state index in [9.17, 15) is 60.7 Å². The Bertz CT molecular complexity index is 1580. The molecule has 64 heavy (non-hydrogen) atoms. The van der Waals surface area contributed by atoms with E-state index < -0.39 is 134 Å². The highest BCUT2D eigenvalue weighted by Gasteiger charge is 2.50. The largest absolute Gasteiger partial charge is 0.481 e. The zero-order valence-corrected chi connectivity index (χ0v) is 37.5. The molecule has 3 aliphatic rings. The standard InChI is InChI=1S/C47H75NO16/c1-28-18-15-13-11-9-7-5-6-8-10-12-14-16-21-36(63-46-44(57)41(48)43(56)31(4)62-46)25-38-40(45(58)59)37(53)27-47(60,64-38)26-33(50)20-17-19-32(49)22-34(51)23-35(52)24-39(54)61-30(3)29(2)42(28)55/h5-6,8,10-16,18,21,28-38,40-44,46,49-53,55-57,60H,7,9,17,19-20,22-27,48H2,1-4H3,(H,58,59)/b6-5-,10-8-,13-11-,14-12-,18-15-,21-16-/t28-,29-,30-,31+,32+,33-,34+,35+,36-,37-,38-,40+,41-,42+,43+,44-,46-,47+/m0/s1. The summed E-state index contributed by atoms with van der Waals surface area (Å²) in [6.07, 6.45) is 6.74. The summed E-state index contributed by atoms with van der Waals surface area (Å²) >= 11 is 0. The Hall–Kier alpha value is -3.14. The highest BCUT2D eigenvalue weighted by molar-refractivity contribution is 5.71.